The number of benzene rings is 1. The van der Waals surface area contributed by atoms with Crippen molar-refractivity contribution in [3.8, 4) is 0 Å². The first-order chi connectivity index (χ1) is 6.89. The minimum absolute atomic E-state index is 0. The molecule has 0 atom stereocenters. The molecule has 6 heteroatoms. The van der Waals surface area contributed by atoms with Crippen LogP contribution in [0.2, 0.25) is 0 Å². The van der Waals surface area contributed by atoms with E-state index in [-0.39, 0.29) is 25.2 Å². The fraction of sp³-hybridized carbons (Fsp3) is 0.300. The summed E-state index contributed by atoms with van der Waals surface area (Å²) < 4.78 is 36.8. The normalized spacial score (nSPS) is 10.7. The number of halogens is 4. The lowest BCUT2D eigenvalue weighted by Gasteiger charge is -2.07. The highest BCUT2D eigenvalue weighted by Crippen LogP contribution is 2.29. The summed E-state index contributed by atoms with van der Waals surface area (Å²) in [7, 11) is 0. The van der Waals surface area contributed by atoms with Crippen LogP contribution in [0.4, 0.5) is 13.2 Å². The van der Waals surface area contributed by atoms with Gasteiger partial charge in [0.05, 0.1) is 5.56 Å². The third-order valence-electron chi connectivity index (χ3n) is 1.88. The summed E-state index contributed by atoms with van der Waals surface area (Å²) in [5.41, 5.74) is -0.363. The Morgan fingerprint density at radius 2 is 1.94 bits per heavy atom. The van der Waals surface area contributed by atoms with Crippen LogP contribution in [0.3, 0.4) is 0 Å². The van der Waals surface area contributed by atoms with E-state index < -0.39 is 17.7 Å². The van der Waals surface area contributed by atoms with Crippen molar-refractivity contribution in [1.29, 1.82) is 0 Å². The van der Waals surface area contributed by atoms with Crippen LogP contribution in [0.5, 0.6) is 0 Å². The number of alkyl halides is 3. The van der Waals surface area contributed by atoms with Crippen molar-refractivity contribution < 1.29 is 23.1 Å². The molecule has 16 heavy (non-hydrogen) atoms. The highest BCUT2D eigenvalue weighted by atomic mass is 35.5. The number of aryl methyl sites for hydroxylation is 1. The second kappa shape index (κ2) is 5.75. The zero-order valence-electron chi connectivity index (χ0n) is 8.12. The van der Waals surface area contributed by atoms with Crippen LogP contribution in [0.1, 0.15) is 17.5 Å². The molecule has 0 aliphatic carbocycles. The summed E-state index contributed by atoms with van der Waals surface area (Å²) in [5.74, 6) is -1.02. The number of aliphatic carboxylic acids is 1. The lowest BCUT2D eigenvalue weighted by atomic mass is 10.1. The van der Waals surface area contributed by atoms with Gasteiger partial charge in [0.2, 0.25) is 0 Å². The molecule has 1 N–H and O–H groups in total. The number of rotatable bonds is 3. The summed E-state index contributed by atoms with van der Waals surface area (Å²) in [6.07, 6.45) is -4.43. The van der Waals surface area contributed by atoms with Gasteiger partial charge < -0.3 is 5.11 Å². The predicted molar refractivity (Wildman–Crippen MR) is 54.6 cm³/mol. The summed E-state index contributed by atoms with van der Waals surface area (Å²) in [6, 6.07) is 4.70. The Balaban J connectivity index is 0.00000225. The van der Waals surface area contributed by atoms with Crippen LogP contribution < -0.4 is 0 Å². The molecule has 1 aromatic carbocycles. The largest absolute Gasteiger partial charge is 0.481 e. The Kier molecular flexibility index (Phi) is 5.30. The third-order valence-corrected chi connectivity index (χ3v) is 1.88. The van der Waals surface area contributed by atoms with Crippen LogP contribution in [0.25, 0.3) is 0 Å². The predicted octanol–water partition coefficient (Wildman–Crippen LogP) is 3.14. The maximum atomic E-state index is 12.3. The van der Waals surface area contributed by atoms with Crippen molar-refractivity contribution in [2.45, 2.75) is 19.0 Å². The number of hydrogen-bond acceptors (Lipinski definition) is 1. The van der Waals surface area contributed by atoms with E-state index in [9.17, 15) is 18.0 Å². The van der Waals surface area contributed by atoms with Gasteiger partial charge in [0.15, 0.2) is 0 Å². The van der Waals surface area contributed by atoms with E-state index in [0.29, 0.717) is 5.56 Å². The molecule has 2 nitrogen and oxygen atoms in total. The van der Waals surface area contributed by atoms with Gasteiger partial charge in [-0.1, -0.05) is 18.2 Å². The van der Waals surface area contributed by atoms with E-state index >= 15 is 0 Å². The first-order valence-corrected chi connectivity index (χ1v) is 4.27. The van der Waals surface area contributed by atoms with Crippen molar-refractivity contribution in [2.75, 3.05) is 0 Å². The molecule has 0 radical (unpaired) electrons. The molecule has 0 amide bonds. The van der Waals surface area contributed by atoms with Crippen LogP contribution in [0.15, 0.2) is 24.3 Å². The van der Waals surface area contributed by atoms with Gasteiger partial charge in [-0.15, -0.1) is 12.4 Å². The molecule has 90 valence electrons. The average molecular weight is 255 g/mol. The van der Waals surface area contributed by atoms with Gasteiger partial charge in [-0.3, -0.25) is 4.79 Å². The highest BCUT2D eigenvalue weighted by Gasteiger charge is 2.30. The van der Waals surface area contributed by atoms with Gasteiger partial charge in [0.1, 0.15) is 0 Å². The SMILES string of the molecule is Cl.O=C(O)CCc1cccc(C(F)(F)F)c1. The zero-order valence-corrected chi connectivity index (χ0v) is 8.94. The molecule has 0 aliphatic heterocycles. The van der Waals surface area contributed by atoms with Crippen LogP contribution in [-0.4, -0.2) is 11.1 Å². The van der Waals surface area contributed by atoms with E-state index in [0.717, 1.165) is 12.1 Å². The minimum Gasteiger partial charge on any atom is -0.481 e. The van der Waals surface area contributed by atoms with Crippen LogP contribution >= 0.6 is 12.4 Å². The molecule has 1 rings (SSSR count). The monoisotopic (exact) mass is 254 g/mol. The number of carboxylic acids is 1. The van der Waals surface area contributed by atoms with Crippen molar-refractivity contribution in [3.05, 3.63) is 35.4 Å². The zero-order chi connectivity index (χ0) is 11.5. The average Bonchev–Trinajstić information content (AvgIpc) is 2.14. The third kappa shape index (κ3) is 4.53. The van der Waals surface area contributed by atoms with Crippen LogP contribution in [-0.2, 0) is 17.4 Å². The van der Waals surface area contributed by atoms with Gasteiger partial charge in [-0.2, -0.15) is 13.2 Å². The maximum absolute atomic E-state index is 12.3. The van der Waals surface area contributed by atoms with E-state index in [1.807, 2.05) is 0 Å². The fourth-order valence-corrected chi connectivity index (χ4v) is 1.15. The molecule has 0 saturated carbocycles. The fourth-order valence-electron chi connectivity index (χ4n) is 1.15. The first-order valence-electron chi connectivity index (χ1n) is 4.27. The van der Waals surface area contributed by atoms with Crippen molar-refractivity contribution in [2.24, 2.45) is 0 Å². The Morgan fingerprint density at radius 3 is 2.44 bits per heavy atom. The number of hydrogen-bond donors (Lipinski definition) is 1. The Labute approximate surface area is 96.5 Å². The highest BCUT2D eigenvalue weighted by molar-refractivity contribution is 5.85. The van der Waals surface area contributed by atoms with Gasteiger partial charge in [0.25, 0.3) is 0 Å². The van der Waals surface area contributed by atoms with E-state index in [1.165, 1.54) is 12.1 Å². The molecule has 0 heterocycles. The van der Waals surface area contributed by atoms with Crippen molar-refractivity contribution in [1.82, 2.24) is 0 Å². The number of carbonyl (C=O) groups is 1. The standard InChI is InChI=1S/C10H9F3O2.ClH/c11-10(12,13)8-3-1-2-7(6-8)4-5-9(14)15;/h1-3,6H,4-5H2,(H,14,15);1H. The molecule has 0 aromatic heterocycles. The second-order valence-corrected chi connectivity index (χ2v) is 3.09. The first kappa shape index (κ1) is 14.8. The van der Waals surface area contributed by atoms with Gasteiger partial charge in [-0.25, -0.2) is 0 Å². The summed E-state index contributed by atoms with van der Waals surface area (Å²) >= 11 is 0. The molecular weight excluding hydrogens is 245 g/mol. The summed E-state index contributed by atoms with van der Waals surface area (Å²) in [6.45, 7) is 0. The van der Waals surface area contributed by atoms with E-state index in [1.54, 1.807) is 0 Å². The molecule has 0 unspecified atom stereocenters. The van der Waals surface area contributed by atoms with Crippen molar-refractivity contribution >= 4 is 18.4 Å². The van der Waals surface area contributed by atoms with Crippen molar-refractivity contribution in [3.63, 3.8) is 0 Å². The molecule has 0 bridgehead atoms. The molecule has 1 aromatic rings. The molecular formula is C10H10ClF3O2. The van der Waals surface area contributed by atoms with E-state index in [4.69, 9.17) is 5.11 Å². The Morgan fingerprint density at radius 1 is 1.31 bits per heavy atom. The smallest absolute Gasteiger partial charge is 0.416 e. The summed E-state index contributed by atoms with van der Waals surface area (Å²) in [5, 5.41) is 8.38. The minimum atomic E-state index is -4.38. The van der Waals surface area contributed by atoms with Crippen LogP contribution in [0, 0.1) is 0 Å². The second-order valence-electron chi connectivity index (χ2n) is 3.09. The Bertz CT molecular complexity index is 363. The van der Waals surface area contributed by atoms with Gasteiger partial charge in [-0.05, 0) is 18.1 Å². The van der Waals surface area contributed by atoms with Gasteiger partial charge >= 0.3 is 12.1 Å². The maximum Gasteiger partial charge on any atom is 0.416 e. The Hall–Kier alpha value is -1.23. The topological polar surface area (TPSA) is 37.3 Å². The number of carboxylic acid groups (broad SMARTS) is 1. The lowest BCUT2D eigenvalue weighted by molar-refractivity contribution is -0.137. The molecule has 0 aliphatic rings. The lowest BCUT2D eigenvalue weighted by Crippen LogP contribution is -2.05. The summed E-state index contributed by atoms with van der Waals surface area (Å²) in [4.78, 5) is 10.2. The quantitative estimate of drug-likeness (QED) is 0.900. The van der Waals surface area contributed by atoms with E-state index in [2.05, 4.69) is 0 Å². The molecule has 0 fully saturated rings. The van der Waals surface area contributed by atoms with Gasteiger partial charge in [0, 0.05) is 6.42 Å². The molecule has 0 spiro atoms. The molecule has 0 saturated heterocycles.